The molecule has 10 heteroatoms. The van der Waals surface area contributed by atoms with Crippen LogP contribution in [0.15, 0.2) is 22.7 Å². The van der Waals surface area contributed by atoms with Gasteiger partial charge in [0.25, 0.3) is 0 Å². The van der Waals surface area contributed by atoms with Gasteiger partial charge in [0.05, 0.1) is 30.5 Å². The molecular formula is C22H26Cl2N4O4. The van der Waals surface area contributed by atoms with Crippen LogP contribution in [-0.2, 0) is 20.9 Å². The molecule has 1 aromatic carbocycles. The zero-order valence-corrected chi connectivity index (χ0v) is 19.4. The molecule has 0 spiro atoms. The molecular weight excluding hydrogens is 455 g/mol. The van der Waals surface area contributed by atoms with Crippen molar-refractivity contribution in [3.8, 4) is 11.4 Å². The third-order valence-corrected chi connectivity index (χ3v) is 6.74. The average Bonchev–Trinajstić information content (AvgIpc) is 3.26. The van der Waals surface area contributed by atoms with Gasteiger partial charge in [0.15, 0.2) is 0 Å². The number of amides is 1. The zero-order chi connectivity index (χ0) is 22.7. The van der Waals surface area contributed by atoms with E-state index in [1.807, 2.05) is 4.90 Å². The summed E-state index contributed by atoms with van der Waals surface area (Å²) in [5.74, 6) is 0.717. The Morgan fingerprint density at radius 3 is 2.66 bits per heavy atom. The molecule has 1 unspecified atom stereocenters. The molecule has 2 aliphatic heterocycles. The molecule has 0 N–H and O–H groups in total. The minimum Gasteiger partial charge on any atom is -0.469 e. The zero-order valence-electron chi connectivity index (χ0n) is 17.9. The largest absolute Gasteiger partial charge is 0.469 e. The van der Waals surface area contributed by atoms with Crippen molar-refractivity contribution in [2.75, 3.05) is 33.3 Å². The third kappa shape index (κ3) is 5.24. The number of carbonyl (C=O) groups excluding carboxylic acids is 2. The lowest BCUT2D eigenvalue weighted by molar-refractivity contribution is -0.150. The number of hydrogen-bond acceptors (Lipinski definition) is 7. The number of ether oxygens (including phenoxy) is 1. The molecule has 1 aromatic heterocycles. The van der Waals surface area contributed by atoms with Crippen LogP contribution < -0.4 is 0 Å². The number of methoxy groups -OCH3 is 1. The van der Waals surface area contributed by atoms with E-state index >= 15 is 0 Å². The van der Waals surface area contributed by atoms with Gasteiger partial charge in [-0.1, -0.05) is 28.4 Å². The lowest BCUT2D eigenvalue weighted by atomic mass is 9.93. The smallest absolute Gasteiger partial charge is 0.308 e. The van der Waals surface area contributed by atoms with Crippen molar-refractivity contribution in [1.29, 1.82) is 0 Å². The van der Waals surface area contributed by atoms with Gasteiger partial charge in [0, 0.05) is 30.2 Å². The molecule has 2 fully saturated rings. The highest BCUT2D eigenvalue weighted by molar-refractivity contribution is 6.36. The molecule has 2 aromatic rings. The molecule has 0 aliphatic carbocycles. The number of carbonyl (C=O) groups is 2. The van der Waals surface area contributed by atoms with Crippen LogP contribution in [0.2, 0.25) is 10.0 Å². The summed E-state index contributed by atoms with van der Waals surface area (Å²) in [4.78, 5) is 33.3. The second-order valence-electron chi connectivity index (χ2n) is 8.33. The highest BCUT2D eigenvalue weighted by Gasteiger charge is 2.33. The van der Waals surface area contributed by atoms with Crippen LogP contribution in [0.3, 0.4) is 0 Å². The Morgan fingerprint density at radius 1 is 1.16 bits per heavy atom. The molecule has 0 saturated carbocycles. The second-order valence-corrected chi connectivity index (χ2v) is 9.18. The summed E-state index contributed by atoms with van der Waals surface area (Å²) in [5, 5.41) is 5.05. The van der Waals surface area contributed by atoms with Crippen LogP contribution in [0.25, 0.3) is 11.4 Å². The molecule has 1 amide bonds. The number of benzene rings is 1. The van der Waals surface area contributed by atoms with E-state index in [-0.39, 0.29) is 23.7 Å². The van der Waals surface area contributed by atoms with Gasteiger partial charge in [0.2, 0.25) is 17.6 Å². The SMILES string of the molecule is COC(=O)C1CCN(C(=O)C2CCCN(Cc3nc(-c4ccc(Cl)cc4Cl)no3)C2)CC1. The lowest BCUT2D eigenvalue weighted by Gasteiger charge is -2.37. The Labute approximate surface area is 196 Å². The van der Waals surface area contributed by atoms with Gasteiger partial charge in [-0.3, -0.25) is 14.5 Å². The minimum absolute atomic E-state index is 0.0634. The summed E-state index contributed by atoms with van der Waals surface area (Å²) < 4.78 is 10.3. The fraction of sp³-hybridized carbons (Fsp3) is 0.545. The van der Waals surface area contributed by atoms with Gasteiger partial charge >= 0.3 is 5.97 Å². The highest BCUT2D eigenvalue weighted by Crippen LogP contribution is 2.29. The van der Waals surface area contributed by atoms with Crippen molar-refractivity contribution in [3.05, 3.63) is 34.1 Å². The van der Waals surface area contributed by atoms with E-state index in [1.54, 1.807) is 18.2 Å². The lowest BCUT2D eigenvalue weighted by Crippen LogP contribution is -2.47. The molecule has 172 valence electrons. The molecule has 3 heterocycles. The van der Waals surface area contributed by atoms with Crippen molar-refractivity contribution >= 4 is 35.1 Å². The van der Waals surface area contributed by atoms with Crippen molar-refractivity contribution in [3.63, 3.8) is 0 Å². The van der Waals surface area contributed by atoms with Gasteiger partial charge in [-0.05, 0) is 50.4 Å². The number of halogens is 2. The summed E-state index contributed by atoms with van der Waals surface area (Å²) in [6.45, 7) is 3.20. The van der Waals surface area contributed by atoms with Crippen molar-refractivity contribution in [2.24, 2.45) is 11.8 Å². The molecule has 8 nitrogen and oxygen atoms in total. The van der Waals surface area contributed by atoms with E-state index in [0.29, 0.717) is 66.3 Å². The molecule has 2 saturated heterocycles. The summed E-state index contributed by atoms with van der Waals surface area (Å²) >= 11 is 12.2. The van der Waals surface area contributed by atoms with Crippen LogP contribution >= 0.6 is 23.2 Å². The first-order chi connectivity index (χ1) is 15.4. The highest BCUT2D eigenvalue weighted by atomic mass is 35.5. The van der Waals surface area contributed by atoms with Crippen molar-refractivity contribution < 1.29 is 18.8 Å². The molecule has 2 aliphatic rings. The van der Waals surface area contributed by atoms with Crippen LogP contribution in [0.5, 0.6) is 0 Å². The first-order valence-corrected chi connectivity index (χ1v) is 11.6. The number of piperidine rings is 2. The average molecular weight is 481 g/mol. The molecule has 0 radical (unpaired) electrons. The first kappa shape index (κ1) is 23.0. The van der Waals surface area contributed by atoms with Crippen molar-refractivity contribution in [2.45, 2.75) is 32.2 Å². The second kappa shape index (κ2) is 10.2. The first-order valence-electron chi connectivity index (χ1n) is 10.8. The predicted molar refractivity (Wildman–Crippen MR) is 119 cm³/mol. The number of aromatic nitrogens is 2. The Bertz CT molecular complexity index is 975. The summed E-state index contributed by atoms with van der Waals surface area (Å²) in [6.07, 6.45) is 3.11. The Morgan fingerprint density at radius 2 is 1.94 bits per heavy atom. The number of rotatable bonds is 5. The van der Waals surface area contributed by atoms with Gasteiger partial charge in [-0.2, -0.15) is 4.98 Å². The Hall–Kier alpha value is -2.16. The fourth-order valence-electron chi connectivity index (χ4n) is 4.45. The summed E-state index contributed by atoms with van der Waals surface area (Å²) in [6, 6.07) is 5.13. The fourth-order valence-corrected chi connectivity index (χ4v) is 4.94. The van der Waals surface area contributed by atoms with Crippen LogP contribution in [0, 0.1) is 11.8 Å². The van der Waals surface area contributed by atoms with E-state index in [0.717, 1.165) is 19.4 Å². The predicted octanol–water partition coefficient (Wildman–Crippen LogP) is 3.67. The molecule has 4 rings (SSSR count). The Kier molecular flexibility index (Phi) is 7.33. The van der Waals surface area contributed by atoms with E-state index in [4.69, 9.17) is 32.5 Å². The normalized spacial score (nSPS) is 20.3. The number of hydrogen-bond donors (Lipinski definition) is 0. The van der Waals surface area contributed by atoms with E-state index < -0.39 is 0 Å². The van der Waals surface area contributed by atoms with Gasteiger partial charge < -0.3 is 14.2 Å². The maximum absolute atomic E-state index is 13.1. The van der Waals surface area contributed by atoms with Crippen LogP contribution in [0.1, 0.15) is 31.6 Å². The van der Waals surface area contributed by atoms with Crippen molar-refractivity contribution in [1.82, 2.24) is 19.9 Å². The van der Waals surface area contributed by atoms with E-state index in [9.17, 15) is 9.59 Å². The Balaban J connectivity index is 1.33. The summed E-state index contributed by atoms with van der Waals surface area (Å²) in [7, 11) is 1.41. The van der Waals surface area contributed by atoms with Crippen LogP contribution in [0.4, 0.5) is 0 Å². The van der Waals surface area contributed by atoms with Crippen LogP contribution in [-0.4, -0.2) is 65.1 Å². The third-order valence-electron chi connectivity index (χ3n) is 6.19. The number of likely N-dealkylation sites (tertiary alicyclic amines) is 2. The number of nitrogens with zero attached hydrogens (tertiary/aromatic N) is 4. The summed E-state index contributed by atoms with van der Waals surface area (Å²) in [5.41, 5.74) is 0.660. The molecule has 32 heavy (non-hydrogen) atoms. The number of esters is 1. The topological polar surface area (TPSA) is 88.8 Å². The van der Waals surface area contributed by atoms with E-state index in [1.165, 1.54) is 7.11 Å². The van der Waals surface area contributed by atoms with Gasteiger partial charge in [-0.25, -0.2) is 0 Å². The van der Waals surface area contributed by atoms with Gasteiger partial charge in [-0.15, -0.1) is 0 Å². The molecule has 1 atom stereocenters. The minimum atomic E-state index is -0.181. The molecule has 0 bridgehead atoms. The van der Waals surface area contributed by atoms with Gasteiger partial charge in [0.1, 0.15) is 0 Å². The standard InChI is InChI=1S/C22H26Cl2N4O4/c1-31-22(30)14-6-9-28(10-7-14)21(29)15-3-2-8-27(12-15)13-19-25-20(26-32-19)17-5-4-16(23)11-18(17)24/h4-5,11,14-15H,2-3,6-10,12-13H2,1H3. The quantitative estimate of drug-likeness (QED) is 0.603. The van der Waals surface area contributed by atoms with E-state index in [2.05, 4.69) is 15.0 Å². The monoisotopic (exact) mass is 480 g/mol. The maximum Gasteiger partial charge on any atom is 0.308 e. The maximum atomic E-state index is 13.1.